The van der Waals surface area contributed by atoms with Crippen molar-refractivity contribution in [1.82, 2.24) is 0 Å². The van der Waals surface area contributed by atoms with Crippen molar-refractivity contribution in [3.8, 4) is 23.5 Å². The molecule has 4 aliphatic rings. The largest absolute Gasteiger partial charge is 0.115 e. The van der Waals surface area contributed by atoms with Gasteiger partial charge in [0.15, 0.2) is 0 Å². The van der Waals surface area contributed by atoms with E-state index in [2.05, 4.69) is 98.6 Å². The van der Waals surface area contributed by atoms with Gasteiger partial charge in [0.1, 0.15) is 0 Å². The lowest BCUT2D eigenvalue weighted by Gasteiger charge is -2.40. The number of rotatable bonds is 3. The molecule has 1 saturated carbocycles. The summed E-state index contributed by atoms with van der Waals surface area (Å²) in [5.41, 5.74) is 15.9. The predicted molar refractivity (Wildman–Crippen MR) is 155 cm³/mol. The monoisotopic (exact) mass is 478 g/mol. The Morgan fingerprint density at radius 3 is 2.00 bits per heavy atom. The van der Waals surface area contributed by atoms with Crippen LogP contribution in [-0.2, 0) is 0 Å². The van der Waals surface area contributed by atoms with E-state index in [9.17, 15) is 0 Å². The van der Waals surface area contributed by atoms with Crippen LogP contribution >= 0.6 is 0 Å². The maximum absolute atomic E-state index is 6.12. The molecule has 1 atom stereocenters. The molecule has 3 aromatic carbocycles. The minimum atomic E-state index is 0.343. The standard InChI is InChI=1S/C37H34/c1-4-27-23(3)28(5-2)36(37-29-13-7-6-12-26(29)22-34(27)37)25-20-18-24(19-21-25)35-32-16-10-8-14-30(32)31-15-9-11-17-33(31)35/h1,6-17,22,24-25,35,37H,5,18-21H2,2-3H3. The van der Waals surface area contributed by atoms with E-state index >= 15 is 0 Å². The third-order valence-corrected chi connectivity index (χ3v) is 9.77. The van der Waals surface area contributed by atoms with E-state index in [0.717, 1.165) is 12.0 Å². The molecule has 0 aromatic heterocycles. The Kier molecular flexibility index (Phi) is 5.37. The van der Waals surface area contributed by atoms with E-state index in [1.54, 1.807) is 16.7 Å². The van der Waals surface area contributed by atoms with E-state index in [1.165, 1.54) is 64.7 Å². The first-order valence-electron chi connectivity index (χ1n) is 14.1. The zero-order valence-corrected chi connectivity index (χ0v) is 21.9. The number of hydrogen-bond acceptors (Lipinski definition) is 0. The lowest BCUT2D eigenvalue weighted by Crippen LogP contribution is -2.26. The average molecular weight is 479 g/mol. The van der Waals surface area contributed by atoms with Gasteiger partial charge in [-0.2, -0.15) is 0 Å². The molecule has 0 amide bonds. The first-order valence-corrected chi connectivity index (χ1v) is 14.1. The van der Waals surface area contributed by atoms with Crippen molar-refractivity contribution in [1.29, 1.82) is 0 Å². The smallest absolute Gasteiger partial charge is 0.0326 e. The van der Waals surface area contributed by atoms with Crippen molar-refractivity contribution < 1.29 is 0 Å². The Hall–Kier alpha value is -3.56. The van der Waals surface area contributed by atoms with Gasteiger partial charge in [-0.05, 0) is 107 Å². The van der Waals surface area contributed by atoms with Crippen LogP contribution in [0.1, 0.15) is 80.0 Å². The maximum atomic E-state index is 6.12. The van der Waals surface area contributed by atoms with Crippen molar-refractivity contribution in [2.24, 2.45) is 11.8 Å². The molecule has 0 aliphatic heterocycles. The third-order valence-electron chi connectivity index (χ3n) is 9.77. The van der Waals surface area contributed by atoms with Gasteiger partial charge in [0.25, 0.3) is 0 Å². The highest BCUT2D eigenvalue weighted by Gasteiger charge is 2.42. The minimum Gasteiger partial charge on any atom is -0.115 e. The maximum Gasteiger partial charge on any atom is 0.0326 e. The molecule has 0 spiro atoms. The second-order valence-corrected chi connectivity index (χ2v) is 11.4. The van der Waals surface area contributed by atoms with Gasteiger partial charge in [0.2, 0.25) is 0 Å². The quantitative estimate of drug-likeness (QED) is 0.329. The van der Waals surface area contributed by atoms with E-state index < -0.39 is 0 Å². The number of fused-ring (bicyclic) bond motifs is 6. The molecule has 0 heteroatoms. The Morgan fingerprint density at radius 1 is 0.784 bits per heavy atom. The zero-order chi connectivity index (χ0) is 25.1. The molecule has 0 radical (unpaired) electrons. The van der Waals surface area contributed by atoms with Crippen LogP contribution in [0.4, 0.5) is 0 Å². The number of benzene rings is 3. The van der Waals surface area contributed by atoms with Gasteiger partial charge in [0, 0.05) is 17.4 Å². The Labute approximate surface area is 221 Å². The van der Waals surface area contributed by atoms with Crippen LogP contribution in [0.2, 0.25) is 0 Å². The van der Waals surface area contributed by atoms with Crippen molar-refractivity contribution in [2.45, 2.75) is 57.8 Å². The van der Waals surface area contributed by atoms with Gasteiger partial charge >= 0.3 is 0 Å². The second kappa shape index (κ2) is 8.78. The normalized spacial score (nSPS) is 24.2. The molecule has 0 nitrogen and oxygen atoms in total. The van der Waals surface area contributed by atoms with E-state index in [0.29, 0.717) is 23.7 Å². The highest BCUT2D eigenvalue weighted by atomic mass is 14.5. The molecular formula is C37H34. The summed E-state index contributed by atoms with van der Waals surface area (Å²) in [5, 5.41) is 0. The predicted octanol–water partition coefficient (Wildman–Crippen LogP) is 9.46. The molecule has 1 fully saturated rings. The van der Waals surface area contributed by atoms with Crippen LogP contribution in [0.3, 0.4) is 0 Å². The van der Waals surface area contributed by atoms with Crippen LogP contribution in [0.5, 0.6) is 0 Å². The van der Waals surface area contributed by atoms with E-state index in [-0.39, 0.29) is 0 Å². The van der Waals surface area contributed by atoms with Crippen LogP contribution in [-0.4, -0.2) is 0 Å². The summed E-state index contributed by atoms with van der Waals surface area (Å²) in [6, 6.07) is 27.2. The van der Waals surface area contributed by atoms with Gasteiger partial charge in [-0.15, -0.1) is 6.42 Å². The van der Waals surface area contributed by atoms with Crippen molar-refractivity contribution in [2.75, 3.05) is 0 Å². The molecule has 4 aliphatic carbocycles. The fraction of sp³-hybridized carbons (Fsp3) is 0.297. The first kappa shape index (κ1) is 22.6. The summed E-state index contributed by atoms with van der Waals surface area (Å²) in [5.74, 6) is 5.31. The van der Waals surface area contributed by atoms with Crippen LogP contribution in [0, 0.1) is 24.2 Å². The van der Waals surface area contributed by atoms with Gasteiger partial charge in [-0.1, -0.05) is 91.2 Å². The van der Waals surface area contributed by atoms with Crippen LogP contribution in [0.15, 0.2) is 101 Å². The summed E-state index contributed by atoms with van der Waals surface area (Å²) in [6.45, 7) is 4.59. The Bertz CT molecular complexity index is 1500. The van der Waals surface area contributed by atoms with Crippen molar-refractivity contribution >= 4 is 6.08 Å². The van der Waals surface area contributed by atoms with Crippen molar-refractivity contribution in [3.05, 3.63) is 123 Å². The minimum absolute atomic E-state index is 0.343. The summed E-state index contributed by atoms with van der Waals surface area (Å²) in [6.07, 6.45) is 14.7. The third kappa shape index (κ3) is 3.30. The Morgan fingerprint density at radius 2 is 1.38 bits per heavy atom. The van der Waals surface area contributed by atoms with E-state index in [1.807, 2.05) is 0 Å². The topological polar surface area (TPSA) is 0 Å². The van der Waals surface area contributed by atoms with Crippen molar-refractivity contribution in [3.63, 3.8) is 0 Å². The zero-order valence-electron chi connectivity index (χ0n) is 21.9. The lowest BCUT2D eigenvalue weighted by molar-refractivity contribution is 0.275. The lowest BCUT2D eigenvalue weighted by atomic mass is 9.64. The Balaban J connectivity index is 1.24. The van der Waals surface area contributed by atoms with Gasteiger partial charge in [0.05, 0.1) is 0 Å². The fourth-order valence-electron chi connectivity index (χ4n) is 8.24. The molecule has 0 N–H and O–H groups in total. The van der Waals surface area contributed by atoms with Crippen LogP contribution in [0.25, 0.3) is 17.2 Å². The van der Waals surface area contributed by atoms with Gasteiger partial charge in [-0.3, -0.25) is 0 Å². The molecule has 182 valence electrons. The summed E-state index contributed by atoms with van der Waals surface area (Å²) in [7, 11) is 0. The molecule has 3 aromatic rings. The first-order chi connectivity index (χ1) is 18.2. The molecular weight excluding hydrogens is 444 g/mol. The highest BCUT2D eigenvalue weighted by Crippen LogP contribution is 2.57. The van der Waals surface area contributed by atoms with Crippen LogP contribution < -0.4 is 0 Å². The van der Waals surface area contributed by atoms with E-state index in [4.69, 9.17) is 6.42 Å². The summed E-state index contributed by atoms with van der Waals surface area (Å²) < 4.78 is 0. The average Bonchev–Trinajstić information content (AvgIpc) is 3.49. The second-order valence-electron chi connectivity index (χ2n) is 11.4. The molecule has 1 unspecified atom stereocenters. The molecule has 0 saturated heterocycles. The van der Waals surface area contributed by atoms with Gasteiger partial charge < -0.3 is 0 Å². The number of hydrogen-bond donors (Lipinski definition) is 0. The number of allylic oxidation sites excluding steroid dienone is 5. The molecule has 0 bridgehead atoms. The highest BCUT2D eigenvalue weighted by molar-refractivity contribution is 5.80. The molecule has 37 heavy (non-hydrogen) atoms. The molecule has 0 heterocycles. The SMILES string of the molecule is C#CC1=C(C)C(CC)=C(C2CCC(C3c4ccccc4-c4ccccc43)CC2)C2C1=Cc1ccccc12. The van der Waals surface area contributed by atoms with Gasteiger partial charge in [-0.25, -0.2) is 0 Å². The fourth-order valence-corrected chi connectivity index (χ4v) is 8.24. The summed E-state index contributed by atoms with van der Waals surface area (Å²) >= 11 is 0. The molecule has 7 rings (SSSR count). The summed E-state index contributed by atoms with van der Waals surface area (Å²) in [4.78, 5) is 0. The number of terminal acetylenes is 1.